The highest BCUT2D eigenvalue weighted by atomic mass is 16.4. The average Bonchev–Trinajstić information content (AvgIpc) is 2.18. The molecule has 1 unspecified atom stereocenters. The minimum absolute atomic E-state index is 0.265. The van der Waals surface area contributed by atoms with Crippen LogP contribution >= 0.6 is 0 Å². The summed E-state index contributed by atoms with van der Waals surface area (Å²) in [6, 6.07) is 3.29. The normalized spacial score (nSPS) is 25.5. The summed E-state index contributed by atoms with van der Waals surface area (Å²) < 4.78 is 0. The van der Waals surface area contributed by atoms with Crippen LogP contribution in [0.4, 0.5) is 0 Å². The Balaban J connectivity index is 2.55. The van der Waals surface area contributed by atoms with E-state index >= 15 is 0 Å². The Hall–Kier alpha value is -1.42. The summed E-state index contributed by atoms with van der Waals surface area (Å²) in [7, 11) is 0. The zero-order chi connectivity index (χ0) is 10.2. The van der Waals surface area contributed by atoms with E-state index in [-0.39, 0.29) is 6.42 Å². The number of hydrogen-bond acceptors (Lipinski definition) is 3. The summed E-state index contributed by atoms with van der Waals surface area (Å²) in [5.74, 6) is -1.19. The predicted molar refractivity (Wildman–Crippen MR) is 48.7 cm³/mol. The van der Waals surface area contributed by atoms with E-state index in [9.17, 15) is 9.90 Å². The SMILES string of the molecule is O=C(O)C1(O)CCCc2ncccc21. The van der Waals surface area contributed by atoms with E-state index in [2.05, 4.69) is 4.98 Å². The predicted octanol–water partition coefficient (Wildman–Crippen LogP) is 0.690. The number of aliphatic carboxylic acids is 1. The van der Waals surface area contributed by atoms with Gasteiger partial charge in [0.05, 0.1) is 0 Å². The van der Waals surface area contributed by atoms with Crippen LogP contribution in [0.3, 0.4) is 0 Å². The molecule has 1 aromatic rings. The van der Waals surface area contributed by atoms with Gasteiger partial charge in [-0.05, 0) is 25.3 Å². The second-order valence-electron chi connectivity index (χ2n) is 3.52. The van der Waals surface area contributed by atoms with Gasteiger partial charge >= 0.3 is 5.97 Å². The third kappa shape index (κ3) is 1.19. The lowest BCUT2D eigenvalue weighted by molar-refractivity contribution is -0.161. The van der Waals surface area contributed by atoms with Crippen LogP contribution in [0.2, 0.25) is 0 Å². The molecule has 0 radical (unpaired) electrons. The van der Waals surface area contributed by atoms with Crippen molar-refractivity contribution < 1.29 is 15.0 Å². The summed E-state index contributed by atoms with van der Waals surface area (Å²) in [6.45, 7) is 0. The Morgan fingerprint density at radius 1 is 1.57 bits per heavy atom. The van der Waals surface area contributed by atoms with Gasteiger partial charge < -0.3 is 10.2 Å². The molecule has 4 nitrogen and oxygen atoms in total. The topological polar surface area (TPSA) is 70.4 Å². The third-order valence-corrected chi connectivity index (χ3v) is 2.64. The first-order chi connectivity index (χ1) is 6.64. The number of aliphatic hydroxyl groups is 1. The molecular weight excluding hydrogens is 182 g/mol. The van der Waals surface area contributed by atoms with E-state index < -0.39 is 11.6 Å². The molecule has 4 heteroatoms. The van der Waals surface area contributed by atoms with Gasteiger partial charge in [0.25, 0.3) is 0 Å². The quantitative estimate of drug-likeness (QED) is 0.688. The molecule has 1 aliphatic rings. The van der Waals surface area contributed by atoms with Crippen molar-refractivity contribution in [1.29, 1.82) is 0 Å². The lowest BCUT2D eigenvalue weighted by atomic mass is 9.82. The standard InChI is InChI=1S/C10H11NO3/c12-9(13)10(14)5-1-4-8-7(10)3-2-6-11-8/h2-3,6,14H,1,4-5H2,(H,12,13). The number of carboxylic acids is 1. The second kappa shape index (κ2) is 3.06. The monoisotopic (exact) mass is 193 g/mol. The van der Waals surface area contributed by atoms with Gasteiger partial charge in [0.1, 0.15) is 0 Å². The molecule has 74 valence electrons. The molecule has 0 saturated carbocycles. The van der Waals surface area contributed by atoms with Gasteiger partial charge in [-0.1, -0.05) is 6.07 Å². The minimum atomic E-state index is -1.73. The fourth-order valence-electron chi connectivity index (χ4n) is 1.88. The molecule has 2 N–H and O–H groups in total. The van der Waals surface area contributed by atoms with E-state index in [0.29, 0.717) is 17.7 Å². The number of hydrogen-bond donors (Lipinski definition) is 2. The second-order valence-corrected chi connectivity index (χ2v) is 3.52. The first-order valence-corrected chi connectivity index (χ1v) is 4.55. The molecule has 2 rings (SSSR count). The summed E-state index contributed by atoms with van der Waals surface area (Å²) in [4.78, 5) is 15.0. The van der Waals surface area contributed by atoms with Gasteiger partial charge in [0, 0.05) is 17.5 Å². The Morgan fingerprint density at radius 3 is 3.07 bits per heavy atom. The molecule has 0 spiro atoms. The van der Waals surface area contributed by atoms with Crippen molar-refractivity contribution >= 4 is 5.97 Å². The number of rotatable bonds is 1. The molecule has 0 fully saturated rings. The van der Waals surface area contributed by atoms with Crippen molar-refractivity contribution in [3.8, 4) is 0 Å². The van der Waals surface area contributed by atoms with Crippen LogP contribution in [-0.4, -0.2) is 21.2 Å². The summed E-state index contributed by atoms with van der Waals surface area (Å²) in [5.41, 5.74) is -0.593. The van der Waals surface area contributed by atoms with Crippen molar-refractivity contribution in [1.82, 2.24) is 4.98 Å². The molecule has 1 aromatic heterocycles. The molecule has 14 heavy (non-hydrogen) atoms. The maximum absolute atomic E-state index is 11.0. The summed E-state index contributed by atoms with van der Waals surface area (Å²) in [5, 5.41) is 18.9. The Bertz CT molecular complexity index is 377. The Labute approximate surface area is 81.2 Å². The molecule has 0 saturated heterocycles. The minimum Gasteiger partial charge on any atom is -0.479 e. The maximum atomic E-state index is 11.0. The van der Waals surface area contributed by atoms with E-state index in [0.717, 1.165) is 6.42 Å². The average molecular weight is 193 g/mol. The maximum Gasteiger partial charge on any atom is 0.340 e. The fourth-order valence-corrected chi connectivity index (χ4v) is 1.88. The van der Waals surface area contributed by atoms with Crippen LogP contribution in [0.5, 0.6) is 0 Å². The van der Waals surface area contributed by atoms with Crippen molar-refractivity contribution in [2.75, 3.05) is 0 Å². The zero-order valence-corrected chi connectivity index (χ0v) is 7.60. The van der Waals surface area contributed by atoms with Gasteiger partial charge in [-0.15, -0.1) is 0 Å². The van der Waals surface area contributed by atoms with Gasteiger partial charge in [-0.2, -0.15) is 0 Å². The molecule has 0 bridgehead atoms. The first kappa shape index (κ1) is 9.15. The summed E-state index contributed by atoms with van der Waals surface area (Å²) >= 11 is 0. The molecular formula is C10H11NO3. The number of pyridine rings is 1. The van der Waals surface area contributed by atoms with Crippen LogP contribution in [0.15, 0.2) is 18.3 Å². The van der Waals surface area contributed by atoms with E-state index in [1.807, 2.05) is 0 Å². The van der Waals surface area contributed by atoms with Gasteiger partial charge in [-0.25, -0.2) is 4.79 Å². The number of aromatic nitrogens is 1. The molecule has 0 aliphatic heterocycles. The lowest BCUT2D eigenvalue weighted by Crippen LogP contribution is -2.39. The number of nitrogens with zero attached hydrogens (tertiary/aromatic N) is 1. The fraction of sp³-hybridized carbons (Fsp3) is 0.400. The Morgan fingerprint density at radius 2 is 2.36 bits per heavy atom. The lowest BCUT2D eigenvalue weighted by Gasteiger charge is -2.29. The molecule has 0 aromatic carbocycles. The van der Waals surface area contributed by atoms with Gasteiger partial charge in [-0.3, -0.25) is 4.98 Å². The molecule has 1 aliphatic carbocycles. The number of fused-ring (bicyclic) bond motifs is 1. The first-order valence-electron chi connectivity index (χ1n) is 4.55. The van der Waals surface area contributed by atoms with Gasteiger partial charge in [0.2, 0.25) is 0 Å². The summed E-state index contributed by atoms with van der Waals surface area (Å²) in [6.07, 6.45) is 3.28. The van der Waals surface area contributed by atoms with E-state index in [4.69, 9.17) is 5.11 Å². The molecule has 1 heterocycles. The van der Waals surface area contributed by atoms with Crippen molar-refractivity contribution in [2.45, 2.75) is 24.9 Å². The van der Waals surface area contributed by atoms with E-state index in [1.165, 1.54) is 0 Å². The largest absolute Gasteiger partial charge is 0.479 e. The van der Waals surface area contributed by atoms with Crippen LogP contribution in [0, 0.1) is 0 Å². The molecule has 1 atom stereocenters. The smallest absolute Gasteiger partial charge is 0.340 e. The molecule has 0 amide bonds. The van der Waals surface area contributed by atoms with Crippen molar-refractivity contribution in [2.24, 2.45) is 0 Å². The van der Waals surface area contributed by atoms with Crippen LogP contribution in [0.1, 0.15) is 24.1 Å². The highest BCUT2D eigenvalue weighted by molar-refractivity contribution is 5.79. The van der Waals surface area contributed by atoms with Crippen molar-refractivity contribution in [3.63, 3.8) is 0 Å². The van der Waals surface area contributed by atoms with E-state index in [1.54, 1.807) is 18.3 Å². The van der Waals surface area contributed by atoms with Crippen LogP contribution < -0.4 is 0 Å². The van der Waals surface area contributed by atoms with Crippen LogP contribution in [-0.2, 0) is 16.8 Å². The van der Waals surface area contributed by atoms with Crippen LogP contribution in [0.25, 0.3) is 0 Å². The number of carbonyl (C=O) groups is 1. The van der Waals surface area contributed by atoms with Gasteiger partial charge in [0.15, 0.2) is 5.60 Å². The number of carboxylic acid groups (broad SMARTS) is 1. The third-order valence-electron chi connectivity index (χ3n) is 2.64. The number of aryl methyl sites for hydroxylation is 1. The highest BCUT2D eigenvalue weighted by Gasteiger charge is 2.41. The Kier molecular flexibility index (Phi) is 2.00. The highest BCUT2D eigenvalue weighted by Crippen LogP contribution is 2.34. The zero-order valence-electron chi connectivity index (χ0n) is 7.60. The van der Waals surface area contributed by atoms with Crippen molar-refractivity contribution in [3.05, 3.63) is 29.6 Å².